The molecule has 164 valence electrons. The van der Waals surface area contributed by atoms with Gasteiger partial charge in [-0.05, 0) is 54.7 Å². The van der Waals surface area contributed by atoms with Crippen LogP contribution in [0.25, 0.3) is 11.0 Å². The van der Waals surface area contributed by atoms with Crippen LogP contribution in [0.5, 0.6) is 11.5 Å². The Kier molecular flexibility index (Phi) is 7.23. The molecule has 4 nitrogen and oxygen atoms in total. The number of rotatable bonds is 11. The molecule has 1 aromatic heterocycles. The van der Waals surface area contributed by atoms with E-state index in [1.807, 2.05) is 24.3 Å². The average molecular weight is 427 g/mol. The van der Waals surface area contributed by atoms with Gasteiger partial charge in [-0.15, -0.1) is 6.58 Å². The summed E-state index contributed by atoms with van der Waals surface area (Å²) < 4.78 is 13.9. The van der Waals surface area contributed by atoms with Crippen molar-refractivity contribution in [1.82, 2.24) is 9.55 Å². The summed E-state index contributed by atoms with van der Waals surface area (Å²) in [7, 11) is 1.68. The Hall–Kier alpha value is -3.53. The summed E-state index contributed by atoms with van der Waals surface area (Å²) in [5.74, 6) is 2.67. The second kappa shape index (κ2) is 10.7. The molecule has 0 atom stereocenters. The molecule has 32 heavy (non-hydrogen) atoms. The van der Waals surface area contributed by atoms with E-state index in [0.717, 1.165) is 60.6 Å². The SMILES string of the molecule is C=CCc1ccc(OCCCn2c(CCc3ccccc3)nc3ccccc32)c(OC)c1. The van der Waals surface area contributed by atoms with Crippen LogP contribution in [0, 0.1) is 0 Å². The number of methoxy groups -OCH3 is 1. The number of hydrogen-bond donors (Lipinski definition) is 0. The molecule has 4 aromatic rings. The summed E-state index contributed by atoms with van der Waals surface area (Å²) in [6, 6.07) is 25.0. The third-order valence-corrected chi connectivity index (χ3v) is 5.61. The van der Waals surface area contributed by atoms with Crippen LogP contribution in [0.15, 0.2) is 85.5 Å². The van der Waals surface area contributed by atoms with Gasteiger partial charge in [-0.2, -0.15) is 0 Å². The highest BCUT2D eigenvalue weighted by atomic mass is 16.5. The number of aryl methyl sites for hydroxylation is 3. The lowest BCUT2D eigenvalue weighted by Gasteiger charge is -2.13. The average Bonchev–Trinajstić information content (AvgIpc) is 3.19. The van der Waals surface area contributed by atoms with E-state index in [1.54, 1.807) is 7.11 Å². The van der Waals surface area contributed by atoms with Crippen molar-refractivity contribution < 1.29 is 9.47 Å². The second-order valence-corrected chi connectivity index (χ2v) is 7.83. The fourth-order valence-electron chi connectivity index (χ4n) is 4.00. The fraction of sp³-hybridized carbons (Fsp3) is 0.250. The van der Waals surface area contributed by atoms with E-state index in [-0.39, 0.29) is 0 Å². The molecule has 4 heteroatoms. The molecule has 0 spiro atoms. The Morgan fingerprint density at radius 1 is 0.906 bits per heavy atom. The van der Waals surface area contributed by atoms with Gasteiger partial charge in [0.25, 0.3) is 0 Å². The molecule has 0 saturated carbocycles. The first-order valence-corrected chi connectivity index (χ1v) is 11.2. The Balaban J connectivity index is 1.42. The summed E-state index contributed by atoms with van der Waals surface area (Å²) >= 11 is 0. The molecule has 0 bridgehead atoms. The van der Waals surface area contributed by atoms with Crippen LogP contribution in [-0.2, 0) is 25.8 Å². The van der Waals surface area contributed by atoms with Crippen molar-refractivity contribution in [2.24, 2.45) is 0 Å². The largest absolute Gasteiger partial charge is 0.493 e. The first-order chi connectivity index (χ1) is 15.8. The lowest BCUT2D eigenvalue weighted by Crippen LogP contribution is -2.09. The van der Waals surface area contributed by atoms with Crippen LogP contribution in [0.4, 0.5) is 0 Å². The summed E-state index contributed by atoms with van der Waals surface area (Å²) in [4.78, 5) is 4.91. The van der Waals surface area contributed by atoms with Crippen LogP contribution in [-0.4, -0.2) is 23.3 Å². The number of nitrogens with zero attached hydrogens (tertiary/aromatic N) is 2. The van der Waals surface area contributed by atoms with Crippen LogP contribution in [0.3, 0.4) is 0 Å². The molecule has 0 fully saturated rings. The standard InChI is InChI=1S/C28H30N2O2/c1-3-10-23-15-17-26(27(21-23)31-2)32-20-9-19-30-25-14-8-7-13-24(25)29-28(30)18-16-22-11-5-4-6-12-22/h3-8,11-15,17,21H,1,9-10,16,18-20H2,2H3. The van der Waals surface area contributed by atoms with Gasteiger partial charge in [-0.25, -0.2) is 4.98 Å². The van der Waals surface area contributed by atoms with Crippen LogP contribution in [0.2, 0.25) is 0 Å². The van der Waals surface area contributed by atoms with Crippen LogP contribution in [0.1, 0.15) is 23.4 Å². The van der Waals surface area contributed by atoms with Gasteiger partial charge in [0, 0.05) is 13.0 Å². The maximum absolute atomic E-state index is 6.06. The van der Waals surface area contributed by atoms with Crippen molar-refractivity contribution in [1.29, 1.82) is 0 Å². The number of benzene rings is 3. The number of ether oxygens (including phenoxy) is 2. The third kappa shape index (κ3) is 5.20. The molecular formula is C28H30N2O2. The number of hydrogen-bond acceptors (Lipinski definition) is 3. The summed E-state index contributed by atoms with van der Waals surface area (Å²) in [6.07, 6.45) is 5.49. The molecule has 0 aliphatic heterocycles. The minimum absolute atomic E-state index is 0.613. The quantitative estimate of drug-likeness (QED) is 0.217. The van der Waals surface area contributed by atoms with Crippen molar-refractivity contribution in [3.8, 4) is 11.5 Å². The van der Waals surface area contributed by atoms with E-state index in [2.05, 4.69) is 65.7 Å². The summed E-state index contributed by atoms with van der Waals surface area (Å²) in [6.45, 7) is 5.27. The van der Waals surface area contributed by atoms with E-state index in [1.165, 1.54) is 11.1 Å². The molecule has 0 aliphatic carbocycles. The normalized spacial score (nSPS) is 10.9. The number of aromatic nitrogens is 2. The number of imidazole rings is 1. The van der Waals surface area contributed by atoms with Gasteiger partial charge < -0.3 is 14.0 Å². The molecule has 0 unspecified atom stereocenters. The van der Waals surface area contributed by atoms with E-state index >= 15 is 0 Å². The highest BCUT2D eigenvalue weighted by molar-refractivity contribution is 5.75. The third-order valence-electron chi connectivity index (χ3n) is 5.61. The van der Waals surface area contributed by atoms with Gasteiger partial charge in [0.1, 0.15) is 5.82 Å². The predicted octanol–water partition coefficient (Wildman–Crippen LogP) is 6.03. The molecule has 4 rings (SSSR count). The zero-order valence-electron chi connectivity index (χ0n) is 18.7. The van der Waals surface area contributed by atoms with Crippen molar-refractivity contribution >= 4 is 11.0 Å². The van der Waals surface area contributed by atoms with Gasteiger partial charge in [0.2, 0.25) is 0 Å². The van der Waals surface area contributed by atoms with E-state index in [4.69, 9.17) is 14.5 Å². The Morgan fingerprint density at radius 3 is 2.53 bits per heavy atom. The molecule has 0 amide bonds. The monoisotopic (exact) mass is 426 g/mol. The van der Waals surface area contributed by atoms with Crippen molar-refractivity contribution in [2.75, 3.05) is 13.7 Å². The molecule has 1 heterocycles. The summed E-state index contributed by atoms with van der Waals surface area (Å²) in [5.41, 5.74) is 4.73. The molecular weight excluding hydrogens is 396 g/mol. The maximum atomic E-state index is 6.06. The first kappa shape index (κ1) is 21.7. The minimum Gasteiger partial charge on any atom is -0.493 e. The van der Waals surface area contributed by atoms with Gasteiger partial charge in [-0.1, -0.05) is 54.6 Å². The van der Waals surface area contributed by atoms with Gasteiger partial charge in [-0.3, -0.25) is 0 Å². The van der Waals surface area contributed by atoms with Gasteiger partial charge in [0.15, 0.2) is 11.5 Å². The predicted molar refractivity (Wildman–Crippen MR) is 131 cm³/mol. The molecule has 0 aliphatic rings. The zero-order chi connectivity index (χ0) is 22.2. The number of allylic oxidation sites excluding steroid dienone is 1. The molecule has 0 N–H and O–H groups in total. The van der Waals surface area contributed by atoms with Crippen molar-refractivity contribution in [2.45, 2.75) is 32.2 Å². The topological polar surface area (TPSA) is 36.3 Å². The molecule has 0 radical (unpaired) electrons. The van der Waals surface area contributed by atoms with Crippen molar-refractivity contribution in [3.05, 3.63) is 102 Å². The van der Waals surface area contributed by atoms with Gasteiger partial charge in [0.05, 0.1) is 24.8 Å². The second-order valence-electron chi connectivity index (χ2n) is 7.83. The highest BCUT2D eigenvalue weighted by Crippen LogP contribution is 2.28. The number of fused-ring (bicyclic) bond motifs is 1. The highest BCUT2D eigenvalue weighted by Gasteiger charge is 2.11. The molecule has 0 saturated heterocycles. The van der Waals surface area contributed by atoms with Crippen molar-refractivity contribution in [3.63, 3.8) is 0 Å². The first-order valence-electron chi connectivity index (χ1n) is 11.2. The Labute approximate surface area is 190 Å². The Bertz CT molecular complexity index is 1160. The minimum atomic E-state index is 0.613. The van der Waals surface area contributed by atoms with E-state index < -0.39 is 0 Å². The van der Waals surface area contributed by atoms with E-state index in [9.17, 15) is 0 Å². The maximum Gasteiger partial charge on any atom is 0.161 e. The van der Waals surface area contributed by atoms with Crippen LogP contribution < -0.4 is 9.47 Å². The lowest BCUT2D eigenvalue weighted by molar-refractivity contribution is 0.282. The van der Waals surface area contributed by atoms with E-state index in [0.29, 0.717) is 6.61 Å². The lowest BCUT2D eigenvalue weighted by atomic mass is 10.1. The van der Waals surface area contributed by atoms with Gasteiger partial charge >= 0.3 is 0 Å². The Morgan fingerprint density at radius 2 is 1.72 bits per heavy atom. The fourth-order valence-corrected chi connectivity index (χ4v) is 4.00. The number of para-hydroxylation sites is 2. The molecule has 3 aromatic carbocycles. The van der Waals surface area contributed by atoms with Crippen LogP contribution >= 0.6 is 0 Å². The smallest absolute Gasteiger partial charge is 0.161 e. The zero-order valence-corrected chi connectivity index (χ0v) is 18.7. The summed E-state index contributed by atoms with van der Waals surface area (Å²) in [5, 5.41) is 0.